The van der Waals surface area contributed by atoms with Crippen LogP contribution in [0.25, 0.3) is 0 Å². The molecule has 1 fully saturated rings. The molecule has 1 aliphatic rings. The van der Waals surface area contributed by atoms with Crippen molar-refractivity contribution >= 4 is 11.7 Å². The lowest BCUT2D eigenvalue weighted by molar-refractivity contribution is -0.132. The van der Waals surface area contributed by atoms with Crippen LogP contribution in [0.15, 0.2) is 37.1 Å². The van der Waals surface area contributed by atoms with Crippen LogP contribution in [-0.2, 0) is 11.3 Å². The second-order valence-electron chi connectivity index (χ2n) is 6.92. The van der Waals surface area contributed by atoms with Crippen molar-refractivity contribution < 1.29 is 4.79 Å². The first-order chi connectivity index (χ1) is 12.1. The van der Waals surface area contributed by atoms with Gasteiger partial charge in [0.1, 0.15) is 5.82 Å². The van der Waals surface area contributed by atoms with Gasteiger partial charge in [-0.3, -0.25) is 4.79 Å². The van der Waals surface area contributed by atoms with Crippen LogP contribution in [0.1, 0.15) is 37.2 Å². The summed E-state index contributed by atoms with van der Waals surface area (Å²) in [5, 5.41) is 0. The molecule has 0 N–H and O–H groups in total. The van der Waals surface area contributed by atoms with Gasteiger partial charge >= 0.3 is 0 Å². The highest BCUT2D eigenvalue weighted by Crippen LogP contribution is 2.28. The van der Waals surface area contributed by atoms with E-state index in [1.807, 2.05) is 40.9 Å². The van der Waals surface area contributed by atoms with Crippen molar-refractivity contribution in [3.05, 3.63) is 42.6 Å². The molecule has 2 aromatic heterocycles. The summed E-state index contributed by atoms with van der Waals surface area (Å²) in [5.41, 5.74) is 1.29. The highest BCUT2D eigenvalue weighted by atomic mass is 16.2. The summed E-state index contributed by atoms with van der Waals surface area (Å²) in [5.74, 6) is 1.65. The zero-order valence-electron chi connectivity index (χ0n) is 15.1. The first kappa shape index (κ1) is 17.5. The minimum atomic E-state index is 0.270. The number of likely N-dealkylation sites (tertiary alicyclic amines) is 1. The van der Waals surface area contributed by atoms with Crippen molar-refractivity contribution in [3.8, 4) is 0 Å². The lowest BCUT2D eigenvalue weighted by Crippen LogP contribution is -2.39. The monoisotopic (exact) mass is 341 g/mol. The normalized spacial score (nSPS) is 17.5. The maximum Gasteiger partial charge on any atom is 0.222 e. The number of pyridine rings is 1. The number of hydrogen-bond acceptors (Lipinski definition) is 4. The van der Waals surface area contributed by atoms with Crippen LogP contribution in [0.5, 0.6) is 0 Å². The van der Waals surface area contributed by atoms with Crippen molar-refractivity contribution in [1.29, 1.82) is 0 Å². The van der Waals surface area contributed by atoms with Crippen molar-refractivity contribution in [2.24, 2.45) is 0 Å². The first-order valence-electron chi connectivity index (χ1n) is 9.00. The van der Waals surface area contributed by atoms with E-state index in [9.17, 15) is 4.79 Å². The maximum atomic E-state index is 12.6. The number of rotatable bonds is 6. The van der Waals surface area contributed by atoms with Gasteiger partial charge in [-0.2, -0.15) is 0 Å². The number of carbonyl (C=O) groups excluding carboxylic acids is 1. The SMILES string of the molecule is CN(C)c1cc([C@H]2CCCN(C(=O)CCCn3ccnc3)C2)ccn1. The molecule has 3 heterocycles. The zero-order chi connectivity index (χ0) is 17.6. The van der Waals surface area contributed by atoms with Gasteiger partial charge < -0.3 is 14.4 Å². The van der Waals surface area contributed by atoms with E-state index in [-0.39, 0.29) is 5.91 Å². The Bertz CT molecular complexity index is 683. The fourth-order valence-electron chi connectivity index (χ4n) is 3.40. The topological polar surface area (TPSA) is 54.3 Å². The molecule has 2 aromatic rings. The third kappa shape index (κ3) is 4.59. The lowest BCUT2D eigenvalue weighted by Gasteiger charge is -2.33. The highest BCUT2D eigenvalue weighted by molar-refractivity contribution is 5.76. The summed E-state index contributed by atoms with van der Waals surface area (Å²) in [4.78, 5) is 25.0. The molecular weight excluding hydrogens is 314 g/mol. The predicted octanol–water partition coefficient (Wildman–Crippen LogP) is 2.53. The second kappa shape index (κ2) is 8.14. The number of nitrogens with zero attached hydrogens (tertiary/aromatic N) is 5. The molecule has 0 saturated carbocycles. The largest absolute Gasteiger partial charge is 0.363 e. The number of aromatic nitrogens is 3. The lowest BCUT2D eigenvalue weighted by atomic mass is 9.91. The van der Waals surface area contributed by atoms with Crippen LogP contribution in [-0.4, -0.2) is 52.5 Å². The molecule has 3 rings (SSSR count). The van der Waals surface area contributed by atoms with Crippen LogP contribution < -0.4 is 4.90 Å². The Morgan fingerprint density at radius 3 is 3.00 bits per heavy atom. The standard InChI is InChI=1S/C19H27N5O/c1-22(2)18-13-16(7-8-21-18)17-5-3-11-24(14-17)19(25)6-4-10-23-12-9-20-15-23/h7-9,12-13,15,17H,3-6,10-11,14H2,1-2H3/t17-/m0/s1. The Labute approximate surface area is 149 Å². The molecular formula is C19H27N5O. The summed E-state index contributed by atoms with van der Waals surface area (Å²) in [6.07, 6.45) is 11.0. The summed E-state index contributed by atoms with van der Waals surface area (Å²) in [6.45, 7) is 2.55. The van der Waals surface area contributed by atoms with E-state index in [4.69, 9.17) is 0 Å². The molecule has 0 unspecified atom stereocenters. The van der Waals surface area contributed by atoms with Crippen LogP contribution in [0.2, 0.25) is 0 Å². The number of anilines is 1. The second-order valence-corrected chi connectivity index (χ2v) is 6.92. The predicted molar refractivity (Wildman–Crippen MR) is 98.6 cm³/mol. The van der Waals surface area contributed by atoms with Crippen molar-refractivity contribution in [1.82, 2.24) is 19.4 Å². The van der Waals surface area contributed by atoms with E-state index >= 15 is 0 Å². The number of carbonyl (C=O) groups is 1. The minimum Gasteiger partial charge on any atom is -0.363 e. The van der Waals surface area contributed by atoms with Gasteiger partial charge in [-0.05, 0) is 37.0 Å². The molecule has 1 amide bonds. The smallest absolute Gasteiger partial charge is 0.222 e. The fourth-order valence-corrected chi connectivity index (χ4v) is 3.40. The molecule has 0 aromatic carbocycles. The van der Waals surface area contributed by atoms with Gasteiger partial charge in [0.2, 0.25) is 5.91 Å². The summed E-state index contributed by atoms with van der Waals surface area (Å²) < 4.78 is 2.02. The van der Waals surface area contributed by atoms with Gasteiger partial charge in [0.15, 0.2) is 0 Å². The van der Waals surface area contributed by atoms with E-state index in [1.165, 1.54) is 5.56 Å². The Kier molecular flexibility index (Phi) is 5.68. The molecule has 0 spiro atoms. The molecule has 6 heteroatoms. The van der Waals surface area contributed by atoms with Gasteiger partial charge in [0.25, 0.3) is 0 Å². The molecule has 0 bridgehead atoms. The highest BCUT2D eigenvalue weighted by Gasteiger charge is 2.24. The first-order valence-corrected chi connectivity index (χ1v) is 9.00. The van der Waals surface area contributed by atoms with Crippen molar-refractivity contribution in [2.75, 3.05) is 32.1 Å². The fraction of sp³-hybridized carbons (Fsp3) is 0.526. The van der Waals surface area contributed by atoms with Crippen molar-refractivity contribution in [2.45, 2.75) is 38.1 Å². The minimum absolute atomic E-state index is 0.270. The third-order valence-corrected chi connectivity index (χ3v) is 4.84. The third-order valence-electron chi connectivity index (χ3n) is 4.84. The number of piperidine rings is 1. The quantitative estimate of drug-likeness (QED) is 0.810. The molecule has 1 saturated heterocycles. The van der Waals surface area contributed by atoms with Gasteiger partial charge in [-0.25, -0.2) is 9.97 Å². The molecule has 0 radical (unpaired) electrons. The van der Waals surface area contributed by atoms with Gasteiger partial charge in [-0.1, -0.05) is 0 Å². The number of hydrogen-bond donors (Lipinski definition) is 0. The summed E-state index contributed by atoms with van der Waals surface area (Å²) in [6, 6.07) is 4.24. The van der Waals surface area contributed by atoms with E-state index in [1.54, 1.807) is 12.5 Å². The molecule has 1 atom stereocenters. The Hall–Kier alpha value is -2.37. The van der Waals surface area contributed by atoms with E-state index in [2.05, 4.69) is 22.1 Å². The maximum absolute atomic E-state index is 12.6. The van der Waals surface area contributed by atoms with Gasteiger partial charge in [0.05, 0.1) is 6.33 Å². The van der Waals surface area contributed by atoms with Gasteiger partial charge in [0, 0.05) is 64.7 Å². The number of amides is 1. The van der Waals surface area contributed by atoms with Gasteiger partial charge in [-0.15, -0.1) is 0 Å². The Morgan fingerprint density at radius 1 is 1.36 bits per heavy atom. The van der Waals surface area contributed by atoms with Crippen LogP contribution >= 0.6 is 0 Å². The molecule has 0 aliphatic carbocycles. The average Bonchev–Trinajstić information content (AvgIpc) is 3.15. The van der Waals surface area contributed by atoms with Crippen LogP contribution in [0.3, 0.4) is 0 Å². The van der Waals surface area contributed by atoms with Crippen molar-refractivity contribution in [3.63, 3.8) is 0 Å². The Morgan fingerprint density at radius 2 is 2.24 bits per heavy atom. The molecule has 6 nitrogen and oxygen atoms in total. The van der Waals surface area contributed by atoms with Crippen LogP contribution in [0, 0.1) is 0 Å². The van der Waals surface area contributed by atoms with E-state index < -0.39 is 0 Å². The zero-order valence-corrected chi connectivity index (χ0v) is 15.1. The van der Waals surface area contributed by atoms with E-state index in [0.717, 1.165) is 44.7 Å². The molecule has 1 aliphatic heterocycles. The summed E-state index contributed by atoms with van der Waals surface area (Å²) >= 11 is 0. The summed E-state index contributed by atoms with van der Waals surface area (Å²) in [7, 11) is 4.01. The molecule has 134 valence electrons. The van der Waals surface area contributed by atoms with Crippen LogP contribution in [0.4, 0.5) is 5.82 Å². The average molecular weight is 341 g/mol. The number of imidazole rings is 1. The molecule has 25 heavy (non-hydrogen) atoms. The Balaban J connectivity index is 1.55. The van der Waals surface area contributed by atoms with E-state index in [0.29, 0.717) is 12.3 Å². The number of aryl methyl sites for hydroxylation is 1.